The second-order valence-electron chi connectivity index (χ2n) is 4.13. The molecule has 0 aliphatic rings. The Hall–Kier alpha value is -1.06. The summed E-state index contributed by atoms with van der Waals surface area (Å²) in [7, 11) is 1.70. The van der Waals surface area contributed by atoms with E-state index in [1.54, 1.807) is 7.11 Å². The molecule has 0 radical (unpaired) electrons. The minimum atomic E-state index is 0.633. The Bertz CT molecular complexity index is 302. The van der Waals surface area contributed by atoms with Crippen LogP contribution in [0.15, 0.2) is 24.3 Å². The Labute approximate surface area is 104 Å². The molecule has 0 aromatic heterocycles. The van der Waals surface area contributed by atoms with Gasteiger partial charge in [-0.25, -0.2) is 0 Å². The zero-order chi connectivity index (χ0) is 12.3. The van der Waals surface area contributed by atoms with Gasteiger partial charge in [0.25, 0.3) is 0 Å². The highest BCUT2D eigenvalue weighted by Gasteiger charge is 1.96. The van der Waals surface area contributed by atoms with Gasteiger partial charge in [-0.2, -0.15) is 0 Å². The summed E-state index contributed by atoms with van der Waals surface area (Å²) in [6.07, 6.45) is 4.59. The van der Waals surface area contributed by atoms with Crippen molar-refractivity contribution < 1.29 is 9.47 Å². The van der Waals surface area contributed by atoms with Gasteiger partial charge in [0.15, 0.2) is 0 Å². The largest absolute Gasteiger partial charge is 0.494 e. The first kappa shape index (κ1) is 14.0. The Kier molecular flexibility index (Phi) is 7.43. The molecule has 0 aliphatic heterocycles. The van der Waals surface area contributed by atoms with Crippen molar-refractivity contribution in [2.75, 3.05) is 20.3 Å². The number of hydrogen-bond acceptors (Lipinski definition) is 3. The highest BCUT2D eigenvalue weighted by atomic mass is 16.5. The maximum Gasteiger partial charge on any atom is 0.119 e. The zero-order valence-corrected chi connectivity index (χ0v) is 10.7. The fourth-order valence-corrected chi connectivity index (χ4v) is 1.68. The number of rotatable bonds is 9. The molecule has 0 aliphatic carbocycles. The van der Waals surface area contributed by atoms with E-state index in [0.29, 0.717) is 6.61 Å². The van der Waals surface area contributed by atoms with Crippen LogP contribution in [-0.2, 0) is 11.3 Å². The van der Waals surface area contributed by atoms with E-state index in [9.17, 15) is 0 Å². The summed E-state index contributed by atoms with van der Waals surface area (Å²) >= 11 is 0. The van der Waals surface area contributed by atoms with Crippen molar-refractivity contribution in [3.63, 3.8) is 0 Å². The van der Waals surface area contributed by atoms with Gasteiger partial charge in [0.2, 0.25) is 0 Å². The minimum Gasteiger partial charge on any atom is -0.494 e. The molecule has 0 fully saturated rings. The van der Waals surface area contributed by atoms with Crippen molar-refractivity contribution in [1.29, 1.82) is 0 Å². The Morgan fingerprint density at radius 3 is 2.71 bits per heavy atom. The van der Waals surface area contributed by atoms with E-state index in [-0.39, 0.29) is 0 Å². The van der Waals surface area contributed by atoms with Crippen LogP contribution in [0.25, 0.3) is 0 Å². The van der Waals surface area contributed by atoms with E-state index in [1.165, 1.54) is 12.8 Å². The van der Waals surface area contributed by atoms with Crippen molar-refractivity contribution in [1.82, 2.24) is 0 Å². The van der Waals surface area contributed by atoms with Gasteiger partial charge in [0.05, 0.1) is 13.2 Å². The average Bonchev–Trinajstić information content (AvgIpc) is 2.35. The van der Waals surface area contributed by atoms with Crippen molar-refractivity contribution in [2.45, 2.75) is 32.3 Å². The van der Waals surface area contributed by atoms with Crippen LogP contribution >= 0.6 is 0 Å². The van der Waals surface area contributed by atoms with Gasteiger partial charge in [0.1, 0.15) is 5.75 Å². The molecule has 1 aromatic rings. The monoisotopic (exact) mass is 237 g/mol. The molecule has 0 bridgehead atoms. The summed E-state index contributed by atoms with van der Waals surface area (Å²) in [5.41, 5.74) is 6.58. The van der Waals surface area contributed by atoms with Crippen LogP contribution in [0.4, 0.5) is 0 Å². The van der Waals surface area contributed by atoms with E-state index in [1.807, 2.05) is 24.3 Å². The number of methoxy groups -OCH3 is 1. The second-order valence-corrected chi connectivity index (χ2v) is 4.13. The first-order chi connectivity index (χ1) is 8.36. The van der Waals surface area contributed by atoms with Crippen LogP contribution in [-0.4, -0.2) is 20.3 Å². The van der Waals surface area contributed by atoms with Crippen LogP contribution in [0.3, 0.4) is 0 Å². The molecule has 96 valence electrons. The summed E-state index contributed by atoms with van der Waals surface area (Å²) in [5, 5.41) is 0. The average molecular weight is 237 g/mol. The molecule has 2 N–H and O–H groups in total. The summed E-state index contributed by atoms with van der Waals surface area (Å²) in [6, 6.07) is 8.05. The molecule has 17 heavy (non-hydrogen) atoms. The summed E-state index contributed by atoms with van der Waals surface area (Å²) in [4.78, 5) is 0. The maximum atomic E-state index is 5.69. The van der Waals surface area contributed by atoms with Gasteiger partial charge in [0, 0.05) is 7.11 Å². The molecular formula is C14H23NO2. The number of ether oxygens (including phenoxy) is 2. The summed E-state index contributed by atoms with van der Waals surface area (Å²) in [5.74, 6) is 0.929. The molecule has 3 heteroatoms. The second kappa shape index (κ2) is 9.02. The van der Waals surface area contributed by atoms with Crippen molar-refractivity contribution in [3.05, 3.63) is 29.8 Å². The molecule has 0 atom stereocenters. The molecule has 0 unspecified atom stereocenters. The van der Waals surface area contributed by atoms with Crippen LogP contribution in [0.1, 0.15) is 31.2 Å². The van der Waals surface area contributed by atoms with Crippen molar-refractivity contribution in [2.24, 2.45) is 5.73 Å². The Morgan fingerprint density at radius 2 is 1.94 bits per heavy atom. The molecular weight excluding hydrogens is 214 g/mol. The normalized spacial score (nSPS) is 10.5. The number of nitrogens with two attached hydrogens (primary N) is 1. The smallest absolute Gasteiger partial charge is 0.119 e. The molecule has 0 spiro atoms. The summed E-state index contributed by atoms with van der Waals surface area (Å²) in [6.45, 7) is 2.20. The van der Waals surface area contributed by atoms with Gasteiger partial charge in [-0.05, 0) is 37.1 Å². The topological polar surface area (TPSA) is 44.5 Å². The van der Waals surface area contributed by atoms with Gasteiger partial charge in [-0.3, -0.25) is 0 Å². The first-order valence-electron chi connectivity index (χ1n) is 6.27. The third kappa shape index (κ3) is 6.29. The standard InChI is InChI=1S/C14H23NO2/c1-16-12-13-7-6-8-14(11-13)17-10-5-3-2-4-9-15/h6-8,11H,2-5,9-10,12,15H2,1H3. The lowest BCUT2D eigenvalue weighted by atomic mass is 10.2. The van der Waals surface area contributed by atoms with Gasteiger partial charge in [-0.15, -0.1) is 0 Å². The van der Waals surface area contributed by atoms with E-state index < -0.39 is 0 Å². The third-order valence-corrected chi connectivity index (χ3v) is 2.58. The number of hydrogen-bond donors (Lipinski definition) is 1. The lowest BCUT2D eigenvalue weighted by molar-refractivity contribution is 0.184. The molecule has 3 nitrogen and oxygen atoms in total. The van der Waals surface area contributed by atoms with E-state index in [2.05, 4.69) is 0 Å². The predicted octanol–water partition coefficient (Wildman–Crippen LogP) is 2.73. The fraction of sp³-hybridized carbons (Fsp3) is 0.571. The number of benzene rings is 1. The SMILES string of the molecule is COCc1cccc(OCCCCCCN)c1. The van der Waals surface area contributed by atoms with Crippen molar-refractivity contribution in [3.8, 4) is 5.75 Å². The quantitative estimate of drug-likeness (QED) is 0.672. The maximum absolute atomic E-state index is 5.69. The Morgan fingerprint density at radius 1 is 1.12 bits per heavy atom. The van der Waals surface area contributed by atoms with E-state index in [0.717, 1.165) is 37.3 Å². The molecule has 0 heterocycles. The molecule has 1 aromatic carbocycles. The van der Waals surface area contributed by atoms with Crippen molar-refractivity contribution >= 4 is 0 Å². The van der Waals surface area contributed by atoms with Gasteiger partial charge < -0.3 is 15.2 Å². The molecule has 0 saturated carbocycles. The fourth-order valence-electron chi connectivity index (χ4n) is 1.68. The van der Waals surface area contributed by atoms with Crippen LogP contribution in [0.2, 0.25) is 0 Å². The van der Waals surface area contributed by atoms with Crippen LogP contribution in [0, 0.1) is 0 Å². The van der Waals surface area contributed by atoms with Gasteiger partial charge >= 0.3 is 0 Å². The predicted molar refractivity (Wildman–Crippen MR) is 70.2 cm³/mol. The molecule has 1 rings (SSSR count). The van der Waals surface area contributed by atoms with Crippen LogP contribution < -0.4 is 10.5 Å². The molecule has 0 amide bonds. The zero-order valence-electron chi connectivity index (χ0n) is 10.7. The van der Waals surface area contributed by atoms with Crippen LogP contribution in [0.5, 0.6) is 5.75 Å². The molecule has 0 saturated heterocycles. The lowest BCUT2D eigenvalue weighted by Crippen LogP contribution is -2.00. The first-order valence-corrected chi connectivity index (χ1v) is 6.27. The highest BCUT2D eigenvalue weighted by Crippen LogP contribution is 2.14. The third-order valence-electron chi connectivity index (χ3n) is 2.58. The lowest BCUT2D eigenvalue weighted by Gasteiger charge is -2.07. The number of unbranched alkanes of at least 4 members (excludes halogenated alkanes) is 3. The summed E-state index contributed by atoms with van der Waals surface area (Å²) < 4.78 is 10.8. The van der Waals surface area contributed by atoms with Gasteiger partial charge in [-0.1, -0.05) is 25.0 Å². The van der Waals surface area contributed by atoms with E-state index >= 15 is 0 Å². The highest BCUT2D eigenvalue weighted by molar-refractivity contribution is 5.28. The van der Waals surface area contributed by atoms with E-state index in [4.69, 9.17) is 15.2 Å². The minimum absolute atomic E-state index is 0.633. The Balaban J connectivity index is 2.19.